The molecule has 0 atom stereocenters. The number of urea groups is 1. The Morgan fingerprint density at radius 1 is 1.24 bits per heavy atom. The molecule has 0 fully saturated rings. The number of benzene rings is 1. The van der Waals surface area contributed by atoms with Gasteiger partial charge >= 0.3 is 12.0 Å². The molecular weight excluding hydrogens is 336 g/mol. The van der Waals surface area contributed by atoms with Crippen LogP contribution in [0.2, 0.25) is 0 Å². The highest BCUT2D eigenvalue weighted by atomic mass is 79.9. The van der Waals surface area contributed by atoms with Crippen LogP contribution in [-0.2, 0) is 11.3 Å². The lowest BCUT2D eigenvalue weighted by molar-refractivity contribution is -0.144. The number of carbonyl (C=O) groups excluding carboxylic acids is 1. The predicted octanol–water partition coefficient (Wildman–Crippen LogP) is 3.23. The first-order valence-corrected chi connectivity index (χ1v) is 7.65. The maximum atomic E-state index is 12.2. The fraction of sp³-hybridized carbons (Fsp3) is 0.467. The van der Waals surface area contributed by atoms with Crippen molar-refractivity contribution in [1.29, 1.82) is 0 Å². The number of carbonyl (C=O) groups is 2. The van der Waals surface area contributed by atoms with Gasteiger partial charge in [-0.3, -0.25) is 0 Å². The molecule has 0 aromatic heterocycles. The first-order valence-electron chi connectivity index (χ1n) is 6.85. The summed E-state index contributed by atoms with van der Waals surface area (Å²) < 4.78 is 0.972. The molecule has 0 saturated carbocycles. The van der Waals surface area contributed by atoms with E-state index in [1.165, 1.54) is 4.90 Å². The SMILES string of the molecule is CCC(CC)(NC(=O)N(C)Cc1ccc(Br)cc1)C(=O)O. The van der Waals surface area contributed by atoms with Gasteiger partial charge in [0.2, 0.25) is 0 Å². The van der Waals surface area contributed by atoms with Crippen molar-refractivity contribution in [3.8, 4) is 0 Å². The van der Waals surface area contributed by atoms with Crippen molar-refractivity contribution in [2.24, 2.45) is 0 Å². The fourth-order valence-corrected chi connectivity index (χ4v) is 2.28. The Bertz CT molecular complexity index is 498. The molecule has 5 nitrogen and oxygen atoms in total. The van der Waals surface area contributed by atoms with Crippen LogP contribution in [-0.4, -0.2) is 34.6 Å². The number of hydrogen-bond acceptors (Lipinski definition) is 2. The van der Waals surface area contributed by atoms with E-state index in [0.717, 1.165) is 10.0 Å². The quantitative estimate of drug-likeness (QED) is 0.821. The third-order valence-electron chi connectivity index (χ3n) is 3.64. The number of hydrogen-bond donors (Lipinski definition) is 2. The first-order chi connectivity index (χ1) is 9.84. The Hall–Kier alpha value is -1.56. The molecule has 2 amide bonds. The second-order valence-corrected chi connectivity index (χ2v) is 5.92. The van der Waals surface area contributed by atoms with Crippen LogP contribution < -0.4 is 5.32 Å². The highest BCUT2D eigenvalue weighted by Crippen LogP contribution is 2.17. The summed E-state index contributed by atoms with van der Waals surface area (Å²) in [5.41, 5.74) is -0.227. The Balaban J connectivity index is 2.73. The number of nitrogens with one attached hydrogen (secondary N) is 1. The largest absolute Gasteiger partial charge is 0.480 e. The van der Waals surface area contributed by atoms with Crippen LogP contribution in [0.4, 0.5) is 4.79 Å². The molecule has 0 aliphatic rings. The third-order valence-corrected chi connectivity index (χ3v) is 4.17. The summed E-state index contributed by atoms with van der Waals surface area (Å²) in [6.45, 7) is 3.93. The van der Waals surface area contributed by atoms with Crippen LogP contribution in [0.15, 0.2) is 28.7 Å². The number of carboxylic acid groups (broad SMARTS) is 1. The first kappa shape index (κ1) is 17.5. The van der Waals surface area contributed by atoms with Crippen LogP contribution >= 0.6 is 15.9 Å². The maximum absolute atomic E-state index is 12.2. The number of nitrogens with zero attached hydrogens (tertiary/aromatic N) is 1. The maximum Gasteiger partial charge on any atom is 0.329 e. The number of halogens is 1. The minimum Gasteiger partial charge on any atom is -0.480 e. The Labute approximate surface area is 133 Å². The summed E-state index contributed by atoms with van der Waals surface area (Å²) in [5.74, 6) is -1.00. The van der Waals surface area contributed by atoms with E-state index in [2.05, 4.69) is 21.2 Å². The van der Waals surface area contributed by atoms with E-state index in [9.17, 15) is 14.7 Å². The molecule has 0 radical (unpaired) electrons. The van der Waals surface area contributed by atoms with Gasteiger partial charge in [-0.25, -0.2) is 9.59 Å². The van der Waals surface area contributed by atoms with Crippen molar-refractivity contribution < 1.29 is 14.7 Å². The molecule has 0 aliphatic heterocycles. The number of aliphatic carboxylic acids is 1. The van der Waals surface area contributed by atoms with E-state index in [1.54, 1.807) is 20.9 Å². The normalized spacial score (nSPS) is 11.0. The van der Waals surface area contributed by atoms with E-state index in [1.807, 2.05) is 24.3 Å². The van der Waals surface area contributed by atoms with E-state index >= 15 is 0 Å². The number of amides is 2. The number of rotatable bonds is 6. The van der Waals surface area contributed by atoms with Crippen molar-refractivity contribution in [3.63, 3.8) is 0 Å². The van der Waals surface area contributed by atoms with Gasteiger partial charge in [0, 0.05) is 18.1 Å². The van der Waals surface area contributed by atoms with Gasteiger partial charge in [-0.2, -0.15) is 0 Å². The summed E-state index contributed by atoms with van der Waals surface area (Å²) >= 11 is 3.36. The zero-order valence-corrected chi connectivity index (χ0v) is 14.1. The van der Waals surface area contributed by atoms with Crippen LogP contribution in [0.5, 0.6) is 0 Å². The van der Waals surface area contributed by atoms with Gasteiger partial charge in [0.25, 0.3) is 0 Å². The van der Waals surface area contributed by atoms with E-state index < -0.39 is 11.5 Å². The Morgan fingerprint density at radius 2 is 1.76 bits per heavy atom. The summed E-state index contributed by atoms with van der Waals surface area (Å²) in [7, 11) is 1.65. The van der Waals surface area contributed by atoms with Gasteiger partial charge in [-0.15, -0.1) is 0 Å². The summed E-state index contributed by atoms with van der Waals surface area (Å²) in [6, 6.07) is 7.25. The standard InChI is InChI=1S/C15H21BrN2O3/c1-4-15(5-2,13(19)20)17-14(21)18(3)10-11-6-8-12(16)9-7-11/h6-9H,4-5,10H2,1-3H3,(H,17,21)(H,19,20). The second-order valence-electron chi connectivity index (χ2n) is 5.01. The second kappa shape index (κ2) is 7.45. The molecule has 1 rings (SSSR count). The molecule has 2 N–H and O–H groups in total. The van der Waals surface area contributed by atoms with E-state index in [-0.39, 0.29) is 6.03 Å². The highest BCUT2D eigenvalue weighted by Gasteiger charge is 2.37. The summed E-state index contributed by atoms with van der Waals surface area (Å²) in [5, 5.41) is 12.0. The highest BCUT2D eigenvalue weighted by molar-refractivity contribution is 9.10. The minimum atomic E-state index is -1.20. The lowest BCUT2D eigenvalue weighted by atomic mass is 9.93. The molecule has 0 bridgehead atoms. The smallest absolute Gasteiger partial charge is 0.329 e. The lowest BCUT2D eigenvalue weighted by Crippen LogP contribution is -2.56. The van der Waals surface area contributed by atoms with Crippen molar-refractivity contribution in [2.75, 3.05) is 7.05 Å². The average molecular weight is 357 g/mol. The van der Waals surface area contributed by atoms with E-state index in [0.29, 0.717) is 19.4 Å². The van der Waals surface area contributed by atoms with Crippen molar-refractivity contribution in [3.05, 3.63) is 34.3 Å². The van der Waals surface area contributed by atoms with Crippen LogP contribution in [0.1, 0.15) is 32.3 Å². The topological polar surface area (TPSA) is 69.6 Å². The molecule has 6 heteroatoms. The van der Waals surface area contributed by atoms with Crippen LogP contribution in [0.3, 0.4) is 0 Å². The minimum absolute atomic E-state index is 0.344. The Kier molecular flexibility index (Phi) is 6.20. The molecule has 0 aliphatic carbocycles. The summed E-state index contributed by atoms with van der Waals surface area (Å²) in [6.07, 6.45) is 0.688. The molecule has 0 unspecified atom stereocenters. The average Bonchev–Trinajstić information content (AvgIpc) is 2.46. The molecule has 0 saturated heterocycles. The van der Waals surface area contributed by atoms with Crippen molar-refractivity contribution in [2.45, 2.75) is 38.8 Å². The van der Waals surface area contributed by atoms with Crippen molar-refractivity contribution >= 4 is 27.9 Å². The summed E-state index contributed by atoms with van der Waals surface area (Å²) in [4.78, 5) is 25.1. The Morgan fingerprint density at radius 3 is 2.19 bits per heavy atom. The molecule has 1 aromatic carbocycles. The van der Waals surface area contributed by atoms with Gasteiger partial charge in [-0.1, -0.05) is 41.9 Å². The van der Waals surface area contributed by atoms with Gasteiger partial charge in [0.1, 0.15) is 5.54 Å². The number of carboxylic acids is 1. The molecule has 0 heterocycles. The van der Waals surface area contributed by atoms with Crippen LogP contribution in [0.25, 0.3) is 0 Å². The van der Waals surface area contributed by atoms with Gasteiger partial charge in [0.05, 0.1) is 0 Å². The molecule has 0 spiro atoms. The lowest BCUT2D eigenvalue weighted by Gasteiger charge is -2.30. The van der Waals surface area contributed by atoms with Crippen LogP contribution in [0, 0.1) is 0 Å². The predicted molar refractivity (Wildman–Crippen MR) is 85.1 cm³/mol. The third kappa shape index (κ3) is 4.46. The van der Waals surface area contributed by atoms with Gasteiger partial charge < -0.3 is 15.3 Å². The molecular formula is C15H21BrN2O3. The zero-order valence-electron chi connectivity index (χ0n) is 12.5. The zero-order chi connectivity index (χ0) is 16.0. The van der Waals surface area contributed by atoms with Gasteiger partial charge in [-0.05, 0) is 30.5 Å². The van der Waals surface area contributed by atoms with E-state index in [4.69, 9.17) is 0 Å². The molecule has 21 heavy (non-hydrogen) atoms. The fourth-order valence-electron chi connectivity index (χ4n) is 2.02. The molecule has 1 aromatic rings. The van der Waals surface area contributed by atoms with Crippen molar-refractivity contribution in [1.82, 2.24) is 10.2 Å². The molecule has 116 valence electrons. The monoisotopic (exact) mass is 356 g/mol. The van der Waals surface area contributed by atoms with Gasteiger partial charge in [0.15, 0.2) is 0 Å².